The maximum atomic E-state index is 11.6. The Bertz CT molecular complexity index is 438. The predicted octanol–water partition coefficient (Wildman–Crippen LogP) is -0.0661. The highest BCUT2D eigenvalue weighted by Gasteiger charge is 2.36. The Morgan fingerprint density at radius 2 is 2.05 bits per heavy atom. The lowest BCUT2D eigenvalue weighted by Crippen LogP contribution is -2.46. The summed E-state index contributed by atoms with van der Waals surface area (Å²) in [5, 5.41) is 13.6. The molecule has 0 aromatic rings. The van der Waals surface area contributed by atoms with Crippen molar-refractivity contribution in [1.29, 1.82) is 0 Å². The van der Waals surface area contributed by atoms with Gasteiger partial charge in [0.05, 0.1) is 6.42 Å². The van der Waals surface area contributed by atoms with E-state index in [0.717, 1.165) is 4.90 Å². The summed E-state index contributed by atoms with van der Waals surface area (Å²) >= 11 is 0. The molecule has 1 rings (SSSR count). The lowest BCUT2D eigenvalue weighted by molar-refractivity contribution is -0.138. The number of imide groups is 1. The first-order valence-corrected chi connectivity index (χ1v) is 6.87. The second-order valence-electron chi connectivity index (χ2n) is 5.27. The van der Waals surface area contributed by atoms with E-state index in [-0.39, 0.29) is 24.7 Å². The molecule has 0 spiro atoms. The van der Waals surface area contributed by atoms with Gasteiger partial charge in [-0.05, 0) is 18.8 Å². The van der Waals surface area contributed by atoms with Crippen LogP contribution < -0.4 is 10.6 Å². The van der Waals surface area contributed by atoms with E-state index < -0.39 is 23.9 Å². The molecule has 1 aliphatic rings. The molecule has 0 saturated carbocycles. The minimum atomic E-state index is -0.832. The van der Waals surface area contributed by atoms with Gasteiger partial charge < -0.3 is 15.7 Å². The van der Waals surface area contributed by atoms with Crippen LogP contribution in [0, 0.1) is 5.92 Å². The molecule has 0 radical (unpaired) electrons. The highest BCUT2D eigenvalue weighted by Crippen LogP contribution is 2.11. The maximum Gasteiger partial charge on any atom is 0.315 e. The number of urea groups is 1. The van der Waals surface area contributed by atoms with Gasteiger partial charge in [-0.2, -0.15) is 0 Å². The van der Waals surface area contributed by atoms with Gasteiger partial charge in [0.15, 0.2) is 0 Å². The zero-order valence-electron chi connectivity index (χ0n) is 12.2. The average molecular weight is 299 g/mol. The molecular weight excluding hydrogens is 278 g/mol. The molecular formula is C13H21N3O5. The molecule has 2 unspecified atom stereocenters. The largest absolute Gasteiger partial charge is 0.481 e. The van der Waals surface area contributed by atoms with Gasteiger partial charge in [0.25, 0.3) is 5.91 Å². The molecule has 8 nitrogen and oxygen atoms in total. The van der Waals surface area contributed by atoms with Crippen LogP contribution in [0.4, 0.5) is 4.79 Å². The first-order valence-electron chi connectivity index (χ1n) is 6.87. The molecule has 0 aromatic carbocycles. The van der Waals surface area contributed by atoms with Gasteiger partial charge in [-0.15, -0.1) is 0 Å². The Kier molecular flexibility index (Phi) is 6.13. The second kappa shape index (κ2) is 7.61. The first kappa shape index (κ1) is 16.9. The van der Waals surface area contributed by atoms with Crippen molar-refractivity contribution >= 4 is 23.8 Å². The number of carboxylic acid groups (broad SMARTS) is 1. The molecule has 1 saturated heterocycles. The number of carbonyl (C=O) groups excluding carboxylic acids is 3. The fourth-order valence-electron chi connectivity index (χ4n) is 2.02. The van der Waals surface area contributed by atoms with E-state index in [1.807, 2.05) is 6.92 Å². The fraction of sp³-hybridized carbons (Fsp3) is 0.692. The van der Waals surface area contributed by atoms with E-state index in [4.69, 9.17) is 5.11 Å². The summed E-state index contributed by atoms with van der Waals surface area (Å²) in [5.74, 6) is -1.37. The Hall–Kier alpha value is -2.12. The summed E-state index contributed by atoms with van der Waals surface area (Å²) in [4.78, 5) is 45.9. The fourth-order valence-corrected chi connectivity index (χ4v) is 2.02. The third-order valence-corrected chi connectivity index (χ3v) is 3.46. The standard InChI is InChI=1S/C13H21N3O5/c1-8(3-4-11(18)19)5-6-14-13(21)15-9-7-10(17)16(2)12(9)20/h8-9H,3-7H2,1-2H3,(H,18,19)(H2,14,15,21). The molecule has 0 aromatic heterocycles. The molecule has 21 heavy (non-hydrogen) atoms. The molecule has 0 bridgehead atoms. The van der Waals surface area contributed by atoms with Crippen molar-refractivity contribution < 1.29 is 24.3 Å². The number of nitrogens with zero attached hydrogens (tertiary/aromatic N) is 1. The van der Waals surface area contributed by atoms with Gasteiger partial charge in [-0.1, -0.05) is 6.92 Å². The van der Waals surface area contributed by atoms with Crippen molar-refractivity contribution in [3.63, 3.8) is 0 Å². The van der Waals surface area contributed by atoms with E-state index in [0.29, 0.717) is 19.4 Å². The monoisotopic (exact) mass is 299 g/mol. The van der Waals surface area contributed by atoms with Crippen LogP contribution in [0.1, 0.15) is 32.6 Å². The number of aliphatic carboxylic acids is 1. The molecule has 8 heteroatoms. The molecule has 1 aliphatic heterocycles. The molecule has 4 amide bonds. The van der Waals surface area contributed by atoms with E-state index in [1.165, 1.54) is 7.05 Å². The summed E-state index contributed by atoms with van der Waals surface area (Å²) in [5.41, 5.74) is 0. The number of likely N-dealkylation sites (tertiary alicyclic amines) is 1. The first-order chi connectivity index (χ1) is 9.81. The van der Waals surface area contributed by atoms with Crippen molar-refractivity contribution in [1.82, 2.24) is 15.5 Å². The van der Waals surface area contributed by atoms with E-state index >= 15 is 0 Å². The van der Waals surface area contributed by atoms with E-state index in [9.17, 15) is 19.2 Å². The molecule has 1 heterocycles. The van der Waals surface area contributed by atoms with Crippen LogP contribution in [0.2, 0.25) is 0 Å². The highest BCUT2D eigenvalue weighted by atomic mass is 16.4. The smallest absolute Gasteiger partial charge is 0.315 e. The van der Waals surface area contributed by atoms with Crippen LogP contribution in [-0.4, -0.2) is 53.5 Å². The molecule has 0 aliphatic carbocycles. The Morgan fingerprint density at radius 1 is 1.38 bits per heavy atom. The molecule has 118 valence electrons. The van der Waals surface area contributed by atoms with Crippen LogP contribution in [0.25, 0.3) is 0 Å². The second-order valence-corrected chi connectivity index (χ2v) is 5.27. The summed E-state index contributed by atoms with van der Waals surface area (Å²) in [6.07, 6.45) is 1.30. The highest BCUT2D eigenvalue weighted by molar-refractivity contribution is 6.06. The number of nitrogens with one attached hydrogen (secondary N) is 2. The Labute approximate surface area is 122 Å². The van der Waals surface area contributed by atoms with Gasteiger partial charge in [-0.25, -0.2) is 4.79 Å². The van der Waals surface area contributed by atoms with Gasteiger partial charge >= 0.3 is 12.0 Å². The minimum Gasteiger partial charge on any atom is -0.481 e. The van der Waals surface area contributed by atoms with Gasteiger partial charge in [0.2, 0.25) is 5.91 Å². The third-order valence-electron chi connectivity index (χ3n) is 3.46. The van der Waals surface area contributed by atoms with Crippen LogP contribution in [0.3, 0.4) is 0 Å². The van der Waals surface area contributed by atoms with Crippen molar-refractivity contribution in [2.45, 2.75) is 38.6 Å². The van der Waals surface area contributed by atoms with Crippen LogP contribution in [0.15, 0.2) is 0 Å². The maximum absolute atomic E-state index is 11.6. The quantitative estimate of drug-likeness (QED) is 0.569. The Balaban J connectivity index is 2.21. The van der Waals surface area contributed by atoms with Gasteiger partial charge in [0, 0.05) is 20.0 Å². The lowest BCUT2D eigenvalue weighted by atomic mass is 10.0. The number of amides is 4. The lowest BCUT2D eigenvalue weighted by Gasteiger charge is -2.14. The van der Waals surface area contributed by atoms with Gasteiger partial charge in [-0.3, -0.25) is 19.3 Å². The number of carbonyl (C=O) groups is 4. The molecule has 1 fully saturated rings. The van der Waals surface area contributed by atoms with Crippen molar-refractivity contribution in [3.05, 3.63) is 0 Å². The minimum absolute atomic E-state index is 0.0161. The van der Waals surface area contributed by atoms with E-state index in [2.05, 4.69) is 10.6 Å². The number of hydrogen-bond donors (Lipinski definition) is 3. The van der Waals surface area contributed by atoms with Crippen molar-refractivity contribution in [3.8, 4) is 0 Å². The summed E-state index contributed by atoms with van der Waals surface area (Å²) in [6.45, 7) is 2.30. The zero-order chi connectivity index (χ0) is 16.0. The number of likely N-dealkylation sites (N-methyl/N-ethyl adjacent to an activating group) is 1. The van der Waals surface area contributed by atoms with Crippen molar-refractivity contribution in [2.24, 2.45) is 5.92 Å². The topological polar surface area (TPSA) is 116 Å². The molecule has 2 atom stereocenters. The normalized spacial score (nSPS) is 19.5. The molecule has 3 N–H and O–H groups in total. The van der Waals surface area contributed by atoms with Crippen LogP contribution >= 0.6 is 0 Å². The number of rotatable bonds is 7. The van der Waals surface area contributed by atoms with Gasteiger partial charge in [0.1, 0.15) is 6.04 Å². The third kappa shape index (κ3) is 5.41. The SMILES string of the molecule is CC(CCNC(=O)NC1CC(=O)N(C)C1=O)CCC(=O)O. The summed E-state index contributed by atoms with van der Waals surface area (Å²) in [7, 11) is 1.38. The van der Waals surface area contributed by atoms with Crippen LogP contribution in [0.5, 0.6) is 0 Å². The average Bonchev–Trinajstić information content (AvgIpc) is 2.64. The predicted molar refractivity (Wildman–Crippen MR) is 73.4 cm³/mol. The summed E-state index contributed by atoms with van der Waals surface area (Å²) in [6, 6.07) is -1.30. The number of hydrogen-bond acceptors (Lipinski definition) is 4. The summed E-state index contributed by atoms with van der Waals surface area (Å²) < 4.78 is 0. The van der Waals surface area contributed by atoms with Crippen molar-refractivity contribution in [2.75, 3.05) is 13.6 Å². The van der Waals surface area contributed by atoms with Crippen LogP contribution in [-0.2, 0) is 14.4 Å². The zero-order valence-corrected chi connectivity index (χ0v) is 12.2. The van der Waals surface area contributed by atoms with E-state index in [1.54, 1.807) is 0 Å². The Morgan fingerprint density at radius 3 is 2.57 bits per heavy atom. The number of carboxylic acids is 1.